The van der Waals surface area contributed by atoms with E-state index in [0.717, 1.165) is 22.4 Å². The lowest BCUT2D eigenvalue weighted by atomic mass is 9.98. The van der Waals surface area contributed by atoms with Crippen LogP contribution in [0, 0.1) is 20.8 Å². The normalized spacial score (nSPS) is 15.4. The Hall–Kier alpha value is -2.71. The minimum absolute atomic E-state index is 0.142. The second kappa shape index (κ2) is 7.85. The zero-order chi connectivity index (χ0) is 21.5. The summed E-state index contributed by atoms with van der Waals surface area (Å²) in [5.74, 6) is -0.171. The molecule has 0 atom stereocenters. The van der Waals surface area contributed by atoms with Gasteiger partial charge in [0.25, 0.3) is 5.91 Å². The number of thiazole rings is 1. The van der Waals surface area contributed by atoms with Crippen molar-refractivity contribution < 1.29 is 13.2 Å². The molecule has 1 fully saturated rings. The van der Waals surface area contributed by atoms with Crippen LogP contribution in [0.3, 0.4) is 0 Å². The number of aromatic nitrogens is 1. The van der Waals surface area contributed by atoms with Crippen molar-refractivity contribution in [2.75, 3.05) is 21.9 Å². The molecular weight excluding hydrogens is 418 g/mol. The third-order valence-corrected chi connectivity index (χ3v) is 7.78. The van der Waals surface area contributed by atoms with Gasteiger partial charge in [0, 0.05) is 23.1 Å². The molecule has 156 valence electrons. The molecule has 1 amide bonds. The third kappa shape index (κ3) is 3.97. The number of carbonyl (C=O) groups is 1. The largest absolute Gasteiger partial charge is 0.298 e. The van der Waals surface area contributed by atoms with Crippen LogP contribution >= 0.6 is 11.3 Å². The van der Waals surface area contributed by atoms with Gasteiger partial charge in [-0.3, -0.25) is 14.4 Å². The van der Waals surface area contributed by atoms with Crippen molar-refractivity contribution in [3.63, 3.8) is 0 Å². The van der Waals surface area contributed by atoms with Crippen LogP contribution in [-0.4, -0.2) is 31.6 Å². The molecule has 0 saturated carbocycles. The zero-order valence-electron chi connectivity index (χ0n) is 17.1. The number of aryl methyl sites for hydroxylation is 3. The van der Waals surface area contributed by atoms with Crippen LogP contribution in [0.1, 0.15) is 33.5 Å². The number of rotatable bonds is 4. The first-order valence-electron chi connectivity index (χ1n) is 9.70. The summed E-state index contributed by atoms with van der Waals surface area (Å²) < 4.78 is 25.7. The molecule has 6 nitrogen and oxygen atoms in total. The van der Waals surface area contributed by atoms with Crippen molar-refractivity contribution in [2.24, 2.45) is 0 Å². The molecule has 1 aliphatic heterocycles. The van der Waals surface area contributed by atoms with E-state index in [9.17, 15) is 13.2 Å². The van der Waals surface area contributed by atoms with E-state index in [1.165, 1.54) is 21.2 Å². The molecule has 1 aliphatic rings. The predicted molar refractivity (Wildman–Crippen MR) is 122 cm³/mol. The molecule has 2 aromatic carbocycles. The Bertz CT molecular complexity index is 1210. The van der Waals surface area contributed by atoms with Crippen LogP contribution in [0.2, 0.25) is 0 Å². The smallest absolute Gasteiger partial charge is 0.257 e. The van der Waals surface area contributed by atoms with Crippen LogP contribution in [0.25, 0.3) is 11.3 Å². The summed E-state index contributed by atoms with van der Waals surface area (Å²) >= 11 is 1.37. The molecule has 0 unspecified atom stereocenters. The Labute approximate surface area is 180 Å². The Morgan fingerprint density at radius 2 is 1.87 bits per heavy atom. The van der Waals surface area contributed by atoms with Crippen LogP contribution in [-0.2, 0) is 10.0 Å². The van der Waals surface area contributed by atoms with Gasteiger partial charge in [0.2, 0.25) is 10.0 Å². The maximum absolute atomic E-state index is 12.8. The number of amides is 1. The first-order valence-corrected chi connectivity index (χ1v) is 12.2. The molecule has 0 bridgehead atoms. The van der Waals surface area contributed by atoms with Gasteiger partial charge in [-0.1, -0.05) is 23.8 Å². The Morgan fingerprint density at radius 1 is 1.13 bits per heavy atom. The van der Waals surface area contributed by atoms with Crippen molar-refractivity contribution in [1.29, 1.82) is 0 Å². The maximum Gasteiger partial charge on any atom is 0.257 e. The van der Waals surface area contributed by atoms with Gasteiger partial charge in [-0.25, -0.2) is 13.4 Å². The van der Waals surface area contributed by atoms with Crippen molar-refractivity contribution in [3.8, 4) is 11.3 Å². The van der Waals surface area contributed by atoms with Crippen molar-refractivity contribution in [3.05, 3.63) is 64.0 Å². The number of benzene rings is 2. The fraction of sp³-hybridized carbons (Fsp3) is 0.273. The Kier molecular flexibility index (Phi) is 5.38. The Balaban J connectivity index is 1.55. The fourth-order valence-electron chi connectivity index (χ4n) is 3.93. The lowest BCUT2D eigenvalue weighted by Crippen LogP contribution is -2.25. The lowest BCUT2D eigenvalue weighted by molar-refractivity contribution is 0.102. The molecular formula is C22H23N3O3S2. The highest BCUT2D eigenvalue weighted by Crippen LogP contribution is 2.31. The SMILES string of the molecule is Cc1cc(C)c(-c2csc(NC(=O)c3cccc(N4CCCS4(=O)=O)c3)n2)c(C)c1. The summed E-state index contributed by atoms with van der Waals surface area (Å²) in [4.78, 5) is 17.4. The van der Waals surface area contributed by atoms with E-state index < -0.39 is 10.0 Å². The molecule has 0 spiro atoms. The van der Waals surface area contributed by atoms with Crippen molar-refractivity contribution in [2.45, 2.75) is 27.2 Å². The first kappa shape index (κ1) is 20.6. The minimum Gasteiger partial charge on any atom is -0.298 e. The fourth-order valence-corrected chi connectivity index (χ4v) is 6.18. The quantitative estimate of drug-likeness (QED) is 0.645. The van der Waals surface area contributed by atoms with Gasteiger partial charge in [0.1, 0.15) is 0 Å². The number of nitrogens with zero attached hydrogens (tertiary/aromatic N) is 2. The van der Waals surface area contributed by atoms with Crippen LogP contribution in [0.4, 0.5) is 10.8 Å². The molecule has 1 saturated heterocycles. The predicted octanol–water partition coefficient (Wildman–Crippen LogP) is 4.53. The summed E-state index contributed by atoms with van der Waals surface area (Å²) in [5, 5.41) is 5.28. The highest BCUT2D eigenvalue weighted by molar-refractivity contribution is 7.93. The topological polar surface area (TPSA) is 79.4 Å². The number of hydrogen-bond acceptors (Lipinski definition) is 5. The second-order valence-corrected chi connectivity index (χ2v) is 10.4. The van der Waals surface area contributed by atoms with Crippen molar-refractivity contribution in [1.82, 2.24) is 4.98 Å². The van der Waals surface area contributed by atoms with Gasteiger partial charge in [0.05, 0.1) is 17.1 Å². The van der Waals surface area contributed by atoms with E-state index in [1.807, 2.05) is 5.38 Å². The van der Waals surface area contributed by atoms with Gasteiger partial charge in [-0.05, 0) is 56.5 Å². The molecule has 0 aliphatic carbocycles. The van der Waals surface area contributed by atoms with E-state index in [2.05, 4.69) is 43.2 Å². The molecule has 30 heavy (non-hydrogen) atoms. The second-order valence-electron chi connectivity index (χ2n) is 7.56. The molecule has 0 radical (unpaired) electrons. The van der Waals surface area contributed by atoms with Gasteiger partial charge in [-0.15, -0.1) is 11.3 Å². The highest BCUT2D eigenvalue weighted by Gasteiger charge is 2.28. The highest BCUT2D eigenvalue weighted by atomic mass is 32.2. The monoisotopic (exact) mass is 441 g/mol. The summed E-state index contributed by atoms with van der Waals surface area (Å²) in [6.45, 7) is 6.63. The Morgan fingerprint density at radius 3 is 2.53 bits per heavy atom. The average molecular weight is 442 g/mol. The average Bonchev–Trinajstić information content (AvgIpc) is 3.26. The summed E-state index contributed by atoms with van der Waals surface area (Å²) in [6.07, 6.45) is 0.596. The molecule has 1 N–H and O–H groups in total. The minimum atomic E-state index is -3.29. The van der Waals surface area contributed by atoms with E-state index in [4.69, 9.17) is 0 Å². The third-order valence-electron chi connectivity index (χ3n) is 5.15. The lowest BCUT2D eigenvalue weighted by Gasteiger charge is -2.17. The van der Waals surface area contributed by atoms with Gasteiger partial charge in [-0.2, -0.15) is 0 Å². The van der Waals surface area contributed by atoms with E-state index >= 15 is 0 Å². The molecule has 2 heterocycles. The van der Waals surface area contributed by atoms with E-state index in [1.54, 1.807) is 24.3 Å². The van der Waals surface area contributed by atoms with Crippen LogP contribution in [0.15, 0.2) is 41.8 Å². The summed E-state index contributed by atoms with van der Waals surface area (Å²) in [5.41, 5.74) is 6.34. The summed E-state index contributed by atoms with van der Waals surface area (Å²) in [6, 6.07) is 10.9. The maximum atomic E-state index is 12.8. The summed E-state index contributed by atoms with van der Waals surface area (Å²) in [7, 11) is -3.29. The van der Waals surface area contributed by atoms with Crippen molar-refractivity contribution >= 4 is 38.1 Å². The van der Waals surface area contributed by atoms with Gasteiger partial charge in [0.15, 0.2) is 5.13 Å². The zero-order valence-corrected chi connectivity index (χ0v) is 18.7. The number of anilines is 2. The van der Waals surface area contributed by atoms with E-state index in [0.29, 0.717) is 29.3 Å². The standard InChI is InChI=1S/C22H23N3O3S2/c1-14-10-15(2)20(16(3)11-14)19-13-29-22(23-19)24-21(26)17-6-4-7-18(12-17)25-8-5-9-30(25,27)28/h4,6-7,10-13H,5,8-9H2,1-3H3,(H,23,24,26). The number of carbonyl (C=O) groups excluding carboxylic acids is 1. The molecule has 8 heteroatoms. The molecule has 4 rings (SSSR count). The van der Waals surface area contributed by atoms with E-state index in [-0.39, 0.29) is 11.7 Å². The number of nitrogens with one attached hydrogen (secondary N) is 1. The number of sulfonamides is 1. The van der Waals surface area contributed by atoms with Gasteiger partial charge >= 0.3 is 0 Å². The van der Waals surface area contributed by atoms with Crippen LogP contribution < -0.4 is 9.62 Å². The van der Waals surface area contributed by atoms with Crippen LogP contribution in [0.5, 0.6) is 0 Å². The van der Waals surface area contributed by atoms with Gasteiger partial charge < -0.3 is 0 Å². The molecule has 1 aromatic heterocycles. The number of hydrogen-bond donors (Lipinski definition) is 1. The molecule has 3 aromatic rings. The first-order chi connectivity index (χ1) is 14.2.